The number of nitrogens with zero attached hydrogens (tertiary/aromatic N) is 6. The summed E-state index contributed by atoms with van der Waals surface area (Å²) in [5.41, 5.74) is 4.00. The van der Waals surface area contributed by atoms with E-state index < -0.39 is 10.8 Å². The number of hydrogen-bond acceptors (Lipinski definition) is 7. The van der Waals surface area contributed by atoms with Crippen LogP contribution in [0.25, 0.3) is 17.1 Å². The second kappa shape index (κ2) is 8.74. The van der Waals surface area contributed by atoms with E-state index in [4.69, 9.17) is 0 Å². The highest BCUT2D eigenvalue weighted by Gasteiger charge is 2.18. The van der Waals surface area contributed by atoms with Crippen molar-refractivity contribution >= 4 is 17.8 Å². The van der Waals surface area contributed by atoms with Crippen LogP contribution in [0.4, 0.5) is 5.69 Å². The molecule has 1 aromatic carbocycles. The Balaban J connectivity index is 1.64. The summed E-state index contributed by atoms with van der Waals surface area (Å²) in [5, 5.41) is 19.5. The first-order valence-electron chi connectivity index (χ1n) is 9.12. The second-order valence-corrected chi connectivity index (χ2v) is 6.27. The minimum atomic E-state index is -0.553. The molecule has 0 bridgehead atoms. The molecule has 3 aromatic heterocycles. The lowest BCUT2D eigenvalue weighted by Crippen LogP contribution is -2.21. The molecule has 0 radical (unpaired) electrons. The van der Waals surface area contributed by atoms with Crippen LogP contribution >= 0.6 is 0 Å². The first-order chi connectivity index (χ1) is 15.1. The standard InChI is InChI=1S/C21H15N7O3/c29-21(25-24-14-16-6-1-2-8-18(16)28(30)31)19-12-17(15-7-5-10-22-13-15)26-27(19)20-9-3-4-11-23-20/h1-14H,(H,25,29)/b24-14-. The summed E-state index contributed by atoms with van der Waals surface area (Å²) in [6, 6.07) is 16.5. The van der Waals surface area contributed by atoms with Crippen LogP contribution in [-0.2, 0) is 0 Å². The Kier molecular flexibility index (Phi) is 5.52. The molecule has 10 heteroatoms. The Morgan fingerprint density at radius 2 is 1.94 bits per heavy atom. The van der Waals surface area contributed by atoms with Crippen LogP contribution in [0.5, 0.6) is 0 Å². The summed E-state index contributed by atoms with van der Waals surface area (Å²) in [7, 11) is 0. The van der Waals surface area contributed by atoms with Gasteiger partial charge in [0.2, 0.25) is 0 Å². The van der Waals surface area contributed by atoms with E-state index in [1.165, 1.54) is 23.0 Å². The number of amides is 1. The quantitative estimate of drug-likeness (QED) is 0.294. The third-order valence-corrected chi connectivity index (χ3v) is 4.27. The van der Waals surface area contributed by atoms with Crippen LogP contribution in [0.15, 0.2) is 84.4 Å². The van der Waals surface area contributed by atoms with E-state index in [-0.39, 0.29) is 16.9 Å². The van der Waals surface area contributed by atoms with Gasteiger partial charge in [0.1, 0.15) is 5.69 Å². The molecule has 0 saturated carbocycles. The Bertz CT molecular complexity index is 1250. The molecule has 0 fully saturated rings. The maximum atomic E-state index is 12.8. The first kappa shape index (κ1) is 19.6. The lowest BCUT2D eigenvalue weighted by atomic mass is 10.2. The summed E-state index contributed by atoms with van der Waals surface area (Å²) in [6.07, 6.45) is 6.10. The van der Waals surface area contributed by atoms with Crippen molar-refractivity contribution in [2.24, 2.45) is 5.10 Å². The molecule has 31 heavy (non-hydrogen) atoms. The Morgan fingerprint density at radius 1 is 1.10 bits per heavy atom. The zero-order valence-corrected chi connectivity index (χ0v) is 16.0. The zero-order valence-electron chi connectivity index (χ0n) is 16.0. The topological polar surface area (TPSA) is 128 Å². The number of rotatable bonds is 6. The number of nitro groups is 1. The average Bonchev–Trinajstić information content (AvgIpc) is 3.26. The minimum Gasteiger partial charge on any atom is -0.266 e. The van der Waals surface area contributed by atoms with Gasteiger partial charge in [0, 0.05) is 30.2 Å². The number of nitro benzene ring substituents is 1. The second-order valence-electron chi connectivity index (χ2n) is 6.27. The highest BCUT2D eigenvalue weighted by atomic mass is 16.6. The van der Waals surface area contributed by atoms with Gasteiger partial charge in [0.05, 0.1) is 22.4 Å². The molecule has 1 amide bonds. The van der Waals surface area contributed by atoms with E-state index in [2.05, 4.69) is 25.6 Å². The van der Waals surface area contributed by atoms with Crippen LogP contribution in [0, 0.1) is 10.1 Å². The third kappa shape index (κ3) is 4.32. The molecule has 0 aliphatic rings. The summed E-state index contributed by atoms with van der Waals surface area (Å²) in [5.74, 6) is -0.103. The van der Waals surface area contributed by atoms with Crippen molar-refractivity contribution in [3.63, 3.8) is 0 Å². The van der Waals surface area contributed by atoms with Crippen LogP contribution in [-0.4, -0.2) is 36.8 Å². The van der Waals surface area contributed by atoms with Crippen molar-refractivity contribution in [1.82, 2.24) is 25.2 Å². The number of hydrazone groups is 1. The molecule has 4 rings (SSSR count). The Labute approximate surface area is 176 Å². The SMILES string of the molecule is O=C(N/N=C\c1ccccc1[N+](=O)[O-])c1cc(-c2cccnc2)nn1-c1ccccn1. The minimum absolute atomic E-state index is 0.113. The third-order valence-electron chi connectivity index (χ3n) is 4.27. The van der Waals surface area contributed by atoms with Crippen molar-refractivity contribution < 1.29 is 9.72 Å². The van der Waals surface area contributed by atoms with Crippen molar-refractivity contribution in [2.45, 2.75) is 0 Å². The number of pyridine rings is 2. The summed E-state index contributed by atoms with van der Waals surface area (Å²) < 4.78 is 1.40. The average molecular weight is 413 g/mol. The number of carbonyl (C=O) groups excluding carboxylic acids is 1. The van der Waals surface area contributed by atoms with Crippen LogP contribution < -0.4 is 5.43 Å². The lowest BCUT2D eigenvalue weighted by Gasteiger charge is -2.04. The fraction of sp³-hybridized carbons (Fsp3) is 0. The summed E-state index contributed by atoms with van der Waals surface area (Å²) in [6.45, 7) is 0. The van der Waals surface area contributed by atoms with Gasteiger partial charge in [-0.25, -0.2) is 15.1 Å². The smallest absolute Gasteiger partial charge is 0.266 e. The summed E-state index contributed by atoms with van der Waals surface area (Å²) >= 11 is 0. The number of benzene rings is 1. The molecule has 0 atom stereocenters. The lowest BCUT2D eigenvalue weighted by molar-refractivity contribution is -0.385. The maximum absolute atomic E-state index is 12.8. The molecular weight excluding hydrogens is 398 g/mol. The fourth-order valence-electron chi connectivity index (χ4n) is 2.83. The number of carbonyl (C=O) groups is 1. The van der Waals surface area contributed by atoms with Gasteiger partial charge in [-0.1, -0.05) is 18.2 Å². The van der Waals surface area contributed by atoms with Gasteiger partial charge in [-0.05, 0) is 36.4 Å². The van der Waals surface area contributed by atoms with Gasteiger partial charge >= 0.3 is 0 Å². The highest BCUT2D eigenvalue weighted by molar-refractivity contribution is 5.95. The van der Waals surface area contributed by atoms with E-state index in [1.54, 1.807) is 61.1 Å². The van der Waals surface area contributed by atoms with Gasteiger partial charge < -0.3 is 0 Å². The Morgan fingerprint density at radius 3 is 2.68 bits per heavy atom. The molecule has 0 aliphatic carbocycles. The summed E-state index contributed by atoms with van der Waals surface area (Å²) in [4.78, 5) is 31.8. The molecule has 0 spiro atoms. The van der Waals surface area contributed by atoms with E-state index in [0.717, 1.165) is 5.56 Å². The Hall–Kier alpha value is -4.73. The molecule has 0 saturated heterocycles. The molecule has 3 heterocycles. The first-order valence-corrected chi connectivity index (χ1v) is 9.12. The molecule has 4 aromatic rings. The predicted octanol–water partition coefficient (Wildman–Crippen LogP) is 3.00. The van der Waals surface area contributed by atoms with Gasteiger partial charge in [-0.2, -0.15) is 10.2 Å². The molecule has 0 unspecified atom stereocenters. The monoisotopic (exact) mass is 413 g/mol. The predicted molar refractivity (Wildman–Crippen MR) is 113 cm³/mol. The van der Waals surface area contributed by atoms with Gasteiger partial charge in [-0.3, -0.25) is 19.9 Å². The van der Waals surface area contributed by atoms with Crippen LogP contribution in [0.2, 0.25) is 0 Å². The number of nitrogens with one attached hydrogen (secondary N) is 1. The van der Waals surface area contributed by atoms with E-state index in [0.29, 0.717) is 11.5 Å². The molecule has 0 aliphatic heterocycles. The molecule has 1 N–H and O–H groups in total. The largest absolute Gasteiger partial charge is 0.290 e. The molecule has 152 valence electrons. The van der Waals surface area contributed by atoms with E-state index >= 15 is 0 Å². The number of aromatic nitrogens is 4. The fourth-order valence-corrected chi connectivity index (χ4v) is 2.83. The normalized spacial score (nSPS) is 10.8. The zero-order chi connectivity index (χ0) is 21.6. The van der Waals surface area contributed by atoms with Gasteiger partial charge in [0.15, 0.2) is 5.82 Å². The van der Waals surface area contributed by atoms with E-state index in [9.17, 15) is 14.9 Å². The number of para-hydroxylation sites is 1. The molecular formula is C21H15N7O3. The van der Waals surface area contributed by atoms with Crippen molar-refractivity contribution in [2.75, 3.05) is 0 Å². The maximum Gasteiger partial charge on any atom is 0.290 e. The molecule has 10 nitrogen and oxygen atoms in total. The van der Waals surface area contributed by atoms with Crippen molar-refractivity contribution in [1.29, 1.82) is 0 Å². The van der Waals surface area contributed by atoms with Crippen molar-refractivity contribution in [3.8, 4) is 17.1 Å². The van der Waals surface area contributed by atoms with Crippen molar-refractivity contribution in [3.05, 3.63) is 101 Å². The van der Waals surface area contributed by atoms with Gasteiger partial charge in [-0.15, -0.1) is 0 Å². The van der Waals surface area contributed by atoms with Gasteiger partial charge in [0.25, 0.3) is 11.6 Å². The van der Waals surface area contributed by atoms with Crippen LogP contribution in [0.3, 0.4) is 0 Å². The van der Waals surface area contributed by atoms with Crippen LogP contribution in [0.1, 0.15) is 16.1 Å². The van der Waals surface area contributed by atoms with E-state index in [1.807, 2.05) is 6.07 Å². The highest BCUT2D eigenvalue weighted by Crippen LogP contribution is 2.20. The number of hydrogen-bond donors (Lipinski definition) is 1.